The van der Waals surface area contributed by atoms with Crippen molar-refractivity contribution in [3.05, 3.63) is 53.8 Å². The molecule has 0 aliphatic heterocycles. The van der Waals surface area contributed by atoms with E-state index in [9.17, 15) is 9.18 Å². The van der Waals surface area contributed by atoms with Crippen LogP contribution in [0.2, 0.25) is 0 Å². The van der Waals surface area contributed by atoms with Crippen molar-refractivity contribution in [3.63, 3.8) is 0 Å². The van der Waals surface area contributed by atoms with Gasteiger partial charge in [0.25, 0.3) is 0 Å². The van der Waals surface area contributed by atoms with E-state index in [0.29, 0.717) is 22.7 Å². The van der Waals surface area contributed by atoms with E-state index in [2.05, 4.69) is 10.6 Å². The number of ether oxygens (including phenoxy) is 1. The van der Waals surface area contributed by atoms with Gasteiger partial charge in [0.1, 0.15) is 11.6 Å². The van der Waals surface area contributed by atoms with Crippen LogP contribution in [0.3, 0.4) is 0 Å². The Kier molecular flexibility index (Phi) is 4.77. The summed E-state index contributed by atoms with van der Waals surface area (Å²) in [7, 11) is 1.55. The molecule has 4 nitrogen and oxygen atoms in total. The van der Waals surface area contributed by atoms with E-state index in [0.717, 1.165) is 0 Å². The number of nitrogens with one attached hydrogen (secondary N) is 2. The van der Waals surface area contributed by atoms with Gasteiger partial charge in [0, 0.05) is 5.69 Å². The first kappa shape index (κ1) is 14.8. The number of amides is 1. The molecular weight excluding hydrogens is 271 g/mol. The highest BCUT2D eigenvalue weighted by atomic mass is 19.1. The van der Waals surface area contributed by atoms with Crippen molar-refractivity contribution in [2.75, 3.05) is 24.3 Å². The molecule has 110 valence electrons. The van der Waals surface area contributed by atoms with E-state index in [1.807, 2.05) is 12.1 Å². The zero-order chi connectivity index (χ0) is 15.2. The molecule has 0 fully saturated rings. The fraction of sp³-hybridized carbons (Fsp3) is 0.188. The van der Waals surface area contributed by atoms with Crippen LogP contribution in [-0.2, 0) is 4.79 Å². The quantitative estimate of drug-likeness (QED) is 0.888. The first-order chi connectivity index (χ1) is 10.1. The molecule has 0 aromatic heterocycles. The summed E-state index contributed by atoms with van der Waals surface area (Å²) in [4.78, 5) is 11.9. The zero-order valence-corrected chi connectivity index (χ0v) is 11.9. The highest BCUT2D eigenvalue weighted by molar-refractivity contribution is 5.95. The number of carbonyl (C=O) groups is 1. The minimum Gasteiger partial charge on any atom is -0.495 e. The first-order valence-corrected chi connectivity index (χ1v) is 6.53. The molecular formula is C16H17FN2O2. The molecule has 0 aliphatic carbocycles. The molecule has 2 rings (SSSR count). The van der Waals surface area contributed by atoms with Crippen LogP contribution in [0.4, 0.5) is 15.8 Å². The maximum Gasteiger partial charge on any atom is 0.243 e. The van der Waals surface area contributed by atoms with E-state index in [-0.39, 0.29) is 18.3 Å². The highest BCUT2D eigenvalue weighted by Gasteiger charge is 2.07. The number of aryl methyl sites for hydroxylation is 1. The van der Waals surface area contributed by atoms with Crippen LogP contribution < -0.4 is 15.4 Å². The fourth-order valence-corrected chi connectivity index (χ4v) is 1.88. The lowest BCUT2D eigenvalue weighted by Gasteiger charge is -2.11. The molecule has 2 aromatic carbocycles. The third kappa shape index (κ3) is 3.95. The molecule has 0 heterocycles. The van der Waals surface area contributed by atoms with Gasteiger partial charge in [-0.2, -0.15) is 0 Å². The maximum absolute atomic E-state index is 13.1. The summed E-state index contributed by atoms with van der Waals surface area (Å²) in [5.74, 6) is 0.129. The van der Waals surface area contributed by atoms with Gasteiger partial charge in [-0.15, -0.1) is 0 Å². The number of methoxy groups -OCH3 is 1. The minimum absolute atomic E-state index is 0.0864. The number of benzene rings is 2. The van der Waals surface area contributed by atoms with E-state index >= 15 is 0 Å². The maximum atomic E-state index is 13.1. The third-order valence-electron chi connectivity index (χ3n) is 2.99. The van der Waals surface area contributed by atoms with Gasteiger partial charge in [0.05, 0.1) is 19.3 Å². The molecule has 0 unspecified atom stereocenters. The van der Waals surface area contributed by atoms with Crippen molar-refractivity contribution >= 4 is 17.3 Å². The number of para-hydroxylation sites is 2. The molecule has 1 amide bonds. The Morgan fingerprint density at radius 2 is 2.00 bits per heavy atom. The van der Waals surface area contributed by atoms with Gasteiger partial charge in [-0.05, 0) is 42.8 Å². The highest BCUT2D eigenvalue weighted by Crippen LogP contribution is 2.22. The standard InChI is InChI=1S/C16H17FN2O2/c1-11-9-12(7-8-13(11)17)18-10-16(20)19-14-5-3-4-6-15(14)21-2/h3-9,18H,10H2,1-2H3,(H,19,20). The SMILES string of the molecule is COc1ccccc1NC(=O)CNc1ccc(F)c(C)c1. The largest absolute Gasteiger partial charge is 0.495 e. The Morgan fingerprint density at radius 1 is 1.24 bits per heavy atom. The van der Waals surface area contributed by atoms with Crippen molar-refractivity contribution in [3.8, 4) is 5.75 Å². The van der Waals surface area contributed by atoms with E-state index in [4.69, 9.17) is 4.74 Å². The lowest BCUT2D eigenvalue weighted by atomic mass is 10.2. The first-order valence-electron chi connectivity index (χ1n) is 6.53. The summed E-state index contributed by atoms with van der Waals surface area (Å²) < 4.78 is 18.3. The summed E-state index contributed by atoms with van der Waals surface area (Å²) in [5.41, 5.74) is 1.84. The molecule has 0 aliphatic rings. The Balaban J connectivity index is 1.94. The van der Waals surface area contributed by atoms with Crippen molar-refractivity contribution in [1.82, 2.24) is 0 Å². The Bertz CT molecular complexity index is 644. The zero-order valence-electron chi connectivity index (χ0n) is 11.9. The summed E-state index contributed by atoms with van der Waals surface area (Å²) in [6.45, 7) is 1.76. The van der Waals surface area contributed by atoms with Crippen LogP contribution in [0, 0.1) is 12.7 Å². The molecule has 0 saturated carbocycles. The molecule has 0 radical (unpaired) electrons. The van der Waals surface area contributed by atoms with Crippen LogP contribution in [0.25, 0.3) is 0 Å². The second-order valence-electron chi connectivity index (χ2n) is 4.57. The Morgan fingerprint density at radius 3 is 2.71 bits per heavy atom. The van der Waals surface area contributed by atoms with E-state index in [1.54, 1.807) is 38.3 Å². The molecule has 0 atom stereocenters. The number of hydrogen-bond donors (Lipinski definition) is 2. The van der Waals surface area contributed by atoms with Crippen molar-refractivity contribution in [2.24, 2.45) is 0 Å². The normalized spacial score (nSPS) is 10.0. The number of rotatable bonds is 5. The fourth-order valence-electron chi connectivity index (χ4n) is 1.88. The third-order valence-corrected chi connectivity index (χ3v) is 2.99. The molecule has 0 saturated heterocycles. The monoisotopic (exact) mass is 288 g/mol. The van der Waals surface area contributed by atoms with Gasteiger partial charge >= 0.3 is 0 Å². The predicted molar refractivity (Wildman–Crippen MR) is 81.3 cm³/mol. The molecule has 2 aromatic rings. The smallest absolute Gasteiger partial charge is 0.243 e. The average molecular weight is 288 g/mol. The Labute approximate surface area is 122 Å². The van der Waals surface area contributed by atoms with Crippen LogP contribution in [0.1, 0.15) is 5.56 Å². The molecule has 5 heteroatoms. The van der Waals surface area contributed by atoms with Crippen LogP contribution in [-0.4, -0.2) is 19.6 Å². The summed E-state index contributed by atoms with van der Waals surface area (Å²) >= 11 is 0. The van der Waals surface area contributed by atoms with E-state index < -0.39 is 0 Å². The minimum atomic E-state index is -0.265. The molecule has 0 bridgehead atoms. The lowest BCUT2D eigenvalue weighted by Crippen LogP contribution is -2.22. The number of hydrogen-bond acceptors (Lipinski definition) is 3. The van der Waals surface area contributed by atoms with Crippen LogP contribution in [0.15, 0.2) is 42.5 Å². The van der Waals surface area contributed by atoms with Gasteiger partial charge in [-0.3, -0.25) is 4.79 Å². The topological polar surface area (TPSA) is 50.4 Å². The summed E-state index contributed by atoms with van der Waals surface area (Å²) in [6, 6.07) is 11.8. The van der Waals surface area contributed by atoms with Gasteiger partial charge < -0.3 is 15.4 Å². The second-order valence-corrected chi connectivity index (χ2v) is 4.57. The Hall–Kier alpha value is -2.56. The van der Waals surface area contributed by atoms with Gasteiger partial charge in [-0.25, -0.2) is 4.39 Å². The number of halogens is 1. The molecule has 2 N–H and O–H groups in total. The van der Waals surface area contributed by atoms with E-state index in [1.165, 1.54) is 6.07 Å². The van der Waals surface area contributed by atoms with Crippen molar-refractivity contribution in [2.45, 2.75) is 6.92 Å². The second kappa shape index (κ2) is 6.74. The van der Waals surface area contributed by atoms with Crippen LogP contribution >= 0.6 is 0 Å². The van der Waals surface area contributed by atoms with Crippen molar-refractivity contribution in [1.29, 1.82) is 0 Å². The number of anilines is 2. The van der Waals surface area contributed by atoms with Crippen molar-refractivity contribution < 1.29 is 13.9 Å². The van der Waals surface area contributed by atoms with Gasteiger partial charge in [0.2, 0.25) is 5.91 Å². The predicted octanol–water partition coefficient (Wildman–Crippen LogP) is 3.19. The summed E-state index contributed by atoms with van der Waals surface area (Å²) in [6.07, 6.45) is 0. The average Bonchev–Trinajstić information content (AvgIpc) is 2.49. The lowest BCUT2D eigenvalue weighted by molar-refractivity contribution is -0.114. The molecule has 0 spiro atoms. The molecule has 21 heavy (non-hydrogen) atoms. The van der Waals surface area contributed by atoms with Gasteiger partial charge in [0.15, 0.2) is 0 Å². The van der Waals surface area contributed by atoms with Crippen LogP contribution in [0.5, 0.6) is 5.75 Å². The summed E-state index contributed by atoms with van der Waals surface area (Å²) in [5, 5.41) is 5.71. The number of carbonyl (C=O) groups excluding carboxylic acids is 1. The van der Waals surface area contributed by atoms with Gasteiger partial charge in [-0.1, -0.05) is 12.1 Å².